The third kappa shape index (κ3) is 3.29. The molecular weight excluding hydrogens is 286 g/mol. The highest BCUT2D eigenvalue weighted by Gasteiger charge is 2.40. The minimum absolute atomic E-state index is 0.145. The van der Waals surface area contributed by atoms with Crippen molar-refractivity contribution in [3.8, 4) is 0 Å². The van der Waals surface area contributed by atoms with Crippen LogP contribution in [0.1, 0.15) is 58.1 Å². The van der Waals surface area contributed by atoms with Gasteiger partial charge >= 0.3 is 5.97 Å². The molecule has 0 amide bonds. The van der Waals surface area contributed by atoms with Gasteiger partial charge < -0.3 is 9.64 Å². The van der Waals surface area contributed by atoms with Gasteiger partial charge in [-0.2, -0.15) is 0 Å². The molecule has 0 saturated carbocycles. The van der Waals surface area contributed by atoms with E-state index >= 15 is 0 Å². The number of anilines is 1. The SMILES string of the molecule is CCCC[C@@H](C(=O)OC)N1c2c(C)cccc2C(C)=CC1(C)C. The highest BCUT2D eigenvalue weighted by molar-refractivity contribution is 5.88. The molecule has 1 aromatic carbocycles. The topological polar surface area (TPSA) is 29.5 Å². The Labute approximate surface area is 140 Å². The molecule has 0 radical (unpaired) electrons. The molecule has 0 spiro atoms. The van der Waals surface area contributed by atoms with Crippen LogP contribution >= 0.6 is 0 Å². The van der Waals surface area contributed by atoms with Crippen LogP contribution in [0.2, 0.25) is 0 Å². The van der Waals surface area contributed by atoms with Crippen molar-refractivity contribution >= 4 is 17.2 Å². The number of nitrogens with zero attached hydrogens (tertiary/aromatic N) is 1. The maximum absolute atomic E-state index is 12.5. The number of hydrogen-bond donors (Lipinski definition) is 0. The lowest BCUT2D eigenvalue weighted by Gasteiger charge is -2.47. The molecule has 126 valence electrons. The molecule has 1 aromatic rings. The normalized spacial score (nSPS) is 17.3. The van der Waals surface area contributed by atoms with E-state index in [0.717, 1.165) is 19.3 Å². The summed E-state index contributed by atoms with van der Waals surface area (Å²) < 4.78 is 5.14. The summed E-state index contributed by atoms with van der Waals surface area (Å²) in [5.74, 6) is -0.145. The zero-order chi connectivity index (χ0) is 17.2. The zero-order valence-electron chi connectivity index (χ0n) is 15.3. The van der Waals surface area contributed by atoms with Gasteiger partial charge in [0.2, 0.25) is 0 Å². The number of fused-ring (bicyclic) bond motifs is 1. The van der Waals surface area contributed by atoms with E-state index < -0.39 is 0 Å². The average molecular weight is 315 g/mol. The Morgan fingerprint density at radius 1 is 1.30 bits per heavy atom. The van der Waals surface area contributed by atoms with Crippen LogP contribution in [0.5, 0.6) is 0 Å². The largest absolute Gasteiger partial charge is 0.467 e. The fourth-order valence-electron chi connectivity index (χ4n) is 3.71. The number of allylic oxidation sites excluding steroid dienone is 1. The van der Waals surface area contributed by atoms with Crippen molar-refractivity contribution in [2.75, 3.05) is 12.0 Å². The van der Waals surface area contributed by atoms with Crippen molar-refractivity contribution in [1.29, 1.82) is 0 Å². The smallest absolute Gasteiger partial charge is 0.328 e. The van der Waals surface area contributed by atoms with Crippen molar-refractivity contribution in [2.45, 2.75) is 65.5 Å². The molecule has 2 rings (SSSR count). The van der Waals surface area contributed by atoms with Crippen LogP contribution in [0.15, 0.2) is 24.3 Å². The monoisotopic (exact) mass is 315 g/mol. The zero-order valence-corrected chi connectivity index (χ0v) is 15.3. The van der Waals surface area contributed by atoms with Gasteiger partial charge in [0.25, 0.3) is 0 Å². The molecule has 1 atom stereocenters. The Morgan fingerprint density at radius 2 is 2.00 bits per heavy atom. The second-order valence-corrected chi connectivity index (χ2v) is 7.00. The summed E-state index contributed by atoms with van der Waals surface area (Å²) in [6.45, 7) is 10.8. The molecule has 1 heterocycles. The second kappa shape index (κ2) is 6.77. The van der Waals surface area contributed by atoms with Crippen molar-refractivity contribution in [1.82, 2.24) is 0 Å². The summed E-state index contributed by atoms with van der Waals surface area (Å²) >= 11 is 0. The number of carbonyl (C=O) groups is 1. The van der Waals surface area contributed by atoms with E-state index in [-0.39, 0.29) is 17.6 Å². The van der Waals surface area contributed by atoms with Gasteiger partial charge in [-0.05, 0) is 45.3 Å². The number of carbonyl (C=O) groups excluding carboxylic acids is 1. The molecule has 0 aromatic heterocycles. The van der Waals surface area contributed by atoms with Crippen molar-refractivity contribution in [3.05, 3.63) is 35.4 Å². The molecule has 0 aliphatic carbocycles. The van der Waals surface area contributed by atoms with Crippen molar-refractivity contribution in [3.63, 3.8) is 0 Å². The van der Waals surface area contributed by atoms with Gasteiger partial charge in [-0.1, -0.05) is 44.0 Å². The van der Waals surface area contributed by atoms with Crippen LogP contribution in [0, 0.1) is 6.92 Å². The third-order valence-electron chi connectivity index (χ3n) is 4.71. The van der Waals surface area contributed by atoms with E-state index in [2.05, 4.69) is 63.8 Å². The predicted molar refractivity (Wildman–Crippen MR) is 96.7 cm³/mol. The molecule has 1 aliphatic rings. The first kappa shape index (κ1) is 17.6. The van der Waals surface area contributed by atoms with Crippen LogP contribution in [0.4, 0.5) is 5.69 Å². The first-order chi connectivity index (χ1) is 10.8. The molecule has 0 unspecified atom stereocenters. The van der Waals surface area contributed by atoms with Crippen LogP contribution in [-0.2, 0) is 9.53 Å². The maximum Gasteiger partial charge on any atom is 0.328 e. The number of unbranched alkanes of at least 4 members (excludes halogenated alkanes) is 1. The van der Waals surface area contributed by atoms with Gasteiger partial charge in [-0.25, -0.2) is 4.79 Å². The molecule has 0 saturated heterocycles. The predicted octanol–water partition coefficient (Wildman–Crippen LogP) is 4.73. The molecule has 23 heavy (non-hydrogen) atoms. The van der Waals surface area contributed by atoms with Gasteiger partial charge in [-0.3, -0.25) is 0 Å². The average Bonchev–Trinajstić information content (AvgIpc) is 2.49. The van der Waals surface area contributed by atoms with E-state index in [1.54, 1.807) is 0 Å². The lowest BCUT2D eigenvalue weighted by atomic mass is 9.85. The Hall–Kier alpha value is -1.77. The second-order valence-electron chi connectivity index (χ2n) is 7.00. The molecule has 3 nitrogen and oxygen atoms in total. The Morgan fingerprint density at radius 3 is 2.61 bits per heavy atom. The van der Waals surface area contributed by atoms with Gasteiger partial charge in [0.1, 0.15) is 6.04 Å². The summed E-state index contributed by atoms with van der Waals surface area (Å²) in [6.07, 6.45) is 5.15. The number of benzene rings is 1. The maximum atomic E-state index is 12.5. The highest BCUT2D eigenvalue weighted by Crippen LogP contribution is 2.42. The lowest BCUT2D eigenvalue weighted by Crippen LogP contribution is -2.54. The Bertz CT molecular complexity index is 616. The number of ether oxygens (including phenoxy) is 1. The summed E-state index contributed by atoms with van der Waals surface area (Å²) in [7, 11) is 1.48. The fraction of sp³-hybridized carbons (Fsp3) is 0.550. The van der Waals surface area contributed by atoms with Crippen molar-refractivity contribution < 1.29 is 9.53 Å². The molecule has 0 bridgehead atoms. The fourth-order valence-corrected chi connectivity index (χ4v) is 3.71. The van der Waals surface area contributed by atoms with E-state index in [1.807, 2.05) is 0 Å². The number of para-hydroxylation sites is 1. The summed E-state index contributed by atoms with van der Waals surface area (Å²) in [5, 5.41) is 0. The molecule has 1 aliphatic heterocycles. The van der Waals surface area contributed by atoms with Gasteiger partial charge in [0.15, 0.2) is 0 Å². The molecule has 0 fully saturated rings. The summed E-state index contributed by atoms with van der Waals surface area (Å²) in [5.41, 5.74) is 4.63. The van der Waals surface area contributed by atoms with E-state index in [0.29, 0.717) is 0 Å². The Kier molecular flexibility index (Phi) is 5.18. The van der Waals surface area contributed by atoms with Gasteiger partial charge in [-0.15, -0.1) is 0 Å². The number of esters is 1. The minimum Gasteiger partial charge on any atom is -0.467 e. The van der Waals surface area contributed by atoms with E-state index in [9.17, 15) is 4.79 Å². The van der Waals surface area contributed by atoms with Crippen LogP contribution in [0.3, 0.4) is 0 Å². The summed E-state index contributed by atoms with van der Waals surface area (Å²) in [4.78, 5) is 14.8. The number of methoxy groups -OCH3 is 1. The van der Waals surface area contributed by atoms with E-state index in [1.165, 1.54) is 29.5 Å². The minimum atomic E-state index is -0.251. The quantitative estimate of drug-likeness (QED) is 0.736. The highest BCUT2D eigenvalue weighted by atomic mass is 16.5. The number of aryl methyl sites for hydroxylation is 1. The standard InChI is InChI=1S/C20H29NO2/c1-7-8-12-17(19(22)23-6)21-18-14(2)10-9-11-16(18)15(3)13-20(21,4)5/h9-11,13,17H,7-8,12H2,1-6H3/t17-/m0/s1. The van der Waals surface area contributed by atoms with E-state index in [4.69, 9.17) is 4.74 Å². The molecule has 3 heteroatoms. The van der Waals surface area contributed by atoms with Gasteiger partial charge in [0, 0.05) is 11.3 Å². The first-order valence-corrected chi connectivity index (χ1v) is 8.50. The summed E-state index contributed by atoms with van der Waals surface area (Å²) in [6, 6.07) is 6.10. The number of rotatable bonds is 5. The Balaban J connectivity index is 2.60. The number of hydrogen-bond acceptors (Lipinski definition) is 3. The van der Waals surface area contributed by atoms with Crippen LogP contribution in [-0.4, -0.2) is 24.7 Å². The molecule has 0 N–H and O–H groups in total. The van der Waals surface area contributed by atoms with Crippen LogP contribution < -0.4 is 4.90 Å². The third-order valence-corrected chi connectivity index (χ3v) is 4.71. The lowest BCUT2D eigenvalue weighted by molar-refractivity contribution is -0.142. The van der Waals surface area contributed by atoms with Crippen molar-refractivity contribution in [2.24, 2.45) is 0 Å². The van der Waals surface area contributed by atoms with Gasteiger partial charge in [0.05, 0.1) is 12.6 Å². The molecular formula is C20H29NO2. The van der Waals surface area contributed by atoms with Crippen LogP contribution in [0.25, 0.3) is 5.57 Å². The first-order valence-electron chi connectivity index (χ1n) is 8.50.